The van der Waals surface area contributed by atoms with Crippen molar-refractivity contribution in [3.05, 3.63) is 281 Å². The molecule has 0 saturated carbocycles. The number of hydrogen-bond acceptors (Lipinski definition) is 9. The zero-order chi connectivity index (χ0) is 49.4. The van der Waals surface area contributed by atoms with Crippen LogP contribution in [0.3, 0.4) is 0 Å². The molecule has 0 unspecified atom stereocenters. The van der Waals surface area contributed by atoms with Gasteiger partial charge < -0.3 is 37.9 Å². The Labute approximate surface area is 426 Å². The van der Waals surface area contributed by atoms with Crippen molar-refractivity contribution in [1.82, 2.24) is 0 Å². The molecular weight excluding hydrogens is 913 g/mol. The molecule has 0 bridgehead atoms. The highest BCUT2D eigenvalue weighted by atomic mass is 16.6. The first-order valence-corrected chi connectivity index (χ1v) is 24.4. The normalized spacial score (nSPS) is 13.6. The van der Waals surface area contributed by atoms with Crippen LogP contribution in [0.1, 0.15) is 61.0 Å². The lowest BCUT2D eigenvalue weighted by Gasteiger charge is -2.35. The van der Waals surface area contributed by atoms with E-state index in [1.54, 1.807) is 18.2 Å². The Hall–Kier alpha value is -8.95. The lowest BCUT2D eigenvalue weighted by molar-refractivity contribution is -0.0190. The molecule has 2 atom stereocenters. The number of esters is 1. The molecule has 9 heteroatoms. The summed E-state index contributed by atoms with van der Waals surface area (Å²) in [5, 5.41) is 0. The van der Waals surface area contributed by atoms with E-state index in [-0.39, 0.29) is 18.6 Å². The van der Waals surface area contributed by atoms with Gasteiger partial charge in [-0.25, -0.2) is 4.79 Å². The van der Waals surface area contributed by atoms with E-state index in [0.29, 0.717) is 78.8 Å². The van der Waals surface area contributed by atoms with Crippen LogP contribution in [0.2, 0.25) is 0 Å². The van der Waals surface area contributed by atoms with Gasteiger partial charge in [0.25, 0.3) is 0 Å². The Kier molecular flexibility index (Phi) is 15.5. The molecule has 73 heavy (non-hydrogen) atoms. The summed E-state index contributed by atoms with van der Waals surface area (Å²) < 4.78 is 52.4. The predicted molar refractivity (Wildman–Crippen MR) is 280 cm³/mol. The fourth-order valence-corrected chi connectivity index (χ4v) is 8.45. The highest BCUT2D eigenvalue weighted by Crippen LogP contribution is 2.46. The fraction of sp³-hybridized carbons (Fsp3) is 0.141. The summed E-state index contributed by atoms with van der Waals surface area (Å²) in [6.45, 7) is 1.83. The van der Waals surface area contributed by atoms with Crippen molar-refractivity contribution >= 4 is 5.97 Å². The summed E-state index contributed by atoms with van der Waals surface area (Å²) in [6, 6.07) is 74.2. The molecular formula is C64H54O9. The quantitative estimate of drug-likeness (QED) is 0.0653. The third kappa shape index (κ3) is 12.9. The van der Waals surface area contributed by atoms with Crippen molar-refractivity contribution in [1.29, 1.82) is 0 Å². The van der Waals surface area contributed by atoms with Crippen molar-refractivity contribution in [3.63, 3.8) is 0 Å². The first-order valence-electron chi connectivity index (χ1n) is 24.4. The smallest absolute Gasteiger partial charge is 0.338 e. The standard InChI is InChI=1S/C64H54O9/c65-64(53-32-34-57(68-42-48-23-11-3-12-24-48)61(36-53)71-45-51-29-17-6-18-30-51)73-62-39-55-58(69-43-49-25-13-4-14-26-49)37-54(66-40-46-19-7-1-8-20-46)38-59(55)72-63(62)52-31-33-56(67-41-47-21-9-2-10-22-47)60(35-52)70-44-50-27-15-5-16-28-50/h1-38,62-63H,39-45H2/t62-,63+/m1/s1. The van der Waals surface area contributed by atoms with Gasteiger partial charge >= 0.3 is 5.97 Å². The number of ether oxygens (including phenoxy) is 8. The van der Waals surface area contributed by atoms with E-state index in [1.807, 2.05) is 212 Å². The molecule has 1 heterocycles. The second kappa shape index (κ2) is 23.8. The second-order valence-corrected chi connectivity index (χ2v) is 17.6. The zero-order valence-corrected chi connectivity index (χ0v) is 40.2. The lowest BCUT2D eigenvalue weighted by Crippen LogP contribution is -2.35. The maximum Gasteiger partial charge on any atom is 0.338 e. The Morgan fingerprint density at radius 2 is 0.767 bits per heavy atom. The average Bonchev–Trinajstić information content (AvgIpc) is 3.45. The SMILES string of the molecule is O=C(O[C@@H]1Cc2c(OCc3ccccc3)cc(OCc3ccccc3)cc2O[C@H]1c1ccc(OCc2ccccc2)c(OCc2ccccc2)c1)c1ccc(OCc2ccccc2)c(OCc2ccccc2)c1. The number of carbonyl (C=O) groups excluding carboxylic acids is 1. The minimum Gasteiger partial charge on any atom is -0.489 e. The second-order valence-electron chi connectivity index (χ2n) is 17.6. The summed E-state index contributed by atoms with van der Waals surface area (Å²) in [5.41, 5.74) is 7.69. The van der Waals surface area contributed by atoms with Crippen LogP contribution in [0.5, 0.6) is 40.2 Å². The van der Waals surface area contributed by atoms with E-state index in [4.69, 9.17) is 37.9 Å². The van der Waals surface area contributed by atoms with Crippen LogP contribution in [0, 0.1) is 0 Å². The highest BCUT2D eigenvalue weighted by molar-refractivity contribution is 5.90. The Morgan fingerprint density at radius 1 is 0.384 bits per heavy atom. The maximum atomic E-state index is 14.7. The minimum atomic E-state index is -0.851. The van der Waals surface area contributed by atoms with Gasteiger partial charge in [-0.2, -0.15) is 0 Å². The van der Waals surface area contributed by atoms with Gasteiger partial charge in [0, 0.05) is 29.7 Å². The molecule has 1 aliphatic rings. The first-order chi connectivity index (χ1) is 36.1. The topological polar surface area (TPSA) is 90.9 Å². The number of rotatable bonds is 21. The van der Waals surface area contributed by atoms with Crippen molar-refractivity contribution in [2.24, 2.45) is 0 Å². The monoisotopic (exact) mass is 966 g/mol. The Bertz CT molecular complexity index is 3170. The van der Waals surface area contributed by atoms with Crippen molar-refractivity contribution in [2.45, 2.75) is 58.3 Å². The summed E-state index contributed by atoms with van der Waals surface area (Å²) in [7, 11) is 0. The van der Waals surface area contributed by atoms with Gasteiger partial charge in [0.15, 0.2) is 29.1 Å². The van der Waals surface area contributed by atoms with Crippen LogP contribution >= 0.6 is 0 Å². The zero-order valence-electron chi connectivity index (χ0n) is 40.2. The molecule has 0 fully saturated rings. The molecule has 9 aromatic carbocycles. The van der Waals surface area contributed by atoms with Gasteiger partial charge in [0.05, 0.1) is 5.56 Å². The number of carbonyl (C=O) groups is 1. The van der Waals surface area contributed by atoms with Crippen molar-refractivity contribution < 1.29 is 42.7 Å². The van der Waals surface area contributed by atoms with Crippen LogP contribution in [-0.4, -0.2) is 12.1 Å². The molecule has 0 amide bonds. The van der Waals surface area contributed by atoms with Gasteiger partial charge in [-0.3, -0.25) is 0 Å². The Morgan fingerprint density at radius 3 is 1.22 bits per heavy atom. The molecule has 364 valence electrons. The predicted octanol–water partition coefficient (Wildman–Crippen LogP) is 14.1. The summed E-state index contributed by atoms with van der Waals surface area (Å²) in [5.74, 6) is 3.05. The number of benzene rings is 9. The molecule has 10 rings (SSSR count). The van der Waals surface area contributed by atoms with Crippen LogP contribution in [0.25, 0.3) is 0 Å². The molecule has 0 spiro atoms. The van der Waals surface area contributed by atoms with Gasteiger partial charge in [-0.05, 0) is 63.7 Å². The molecule has 0 N–H and O–H groups in total. The van der Waals surface area contributed by atoms with Crippen LogP contribution in [0.15, 0.2) is 231 Å². The van der Waals surface area contributed by atoms with E-state index in [9.17, 15) is 4.79 Å². The van der Waals surface area contributed by atoms with E-state index >= 15 is 0 Å². The average molecular weight is 967 g/mol. The van der Waals surface area contributed by atoms with Gasteiger partial charge in [-0.15, -0.1) is 0 Å². The van der Waals surface area contributed by atoms with Crippen LogP contribution in [-0.2, 0) is 50.8 Å². The lowest BCUT2D eigenvalue weighted by atomic mass is 9.93. The maximum absolute atomic E-state index is 14.7. The van der Waals surface area contributed by atoms with E-state index in [1.165, 1.54) is 0 Å². The molecule has 0 aliphatic carbocycles. The van der Waals surface area contributed by atoms with Gasteiger partial charge in [-0.1, -0.05) is 188 Å². The summed E-state index contributed by atoms with van der Waals surface area (Å²) in [4.78, 5) is 14.7. The largest absolute Gasteiger partial charge is 0.489 e. The fourth-order valence-electron chi connectivity index (χ4n) is 8.45. The first kappa shape index (κ1) is 47.7. The van der Waals surface area contributed by atoms with Crippen LogP contribution in [0.4, 0.5) is 0 Å². The summed E-state index contributed by atoms with van der Waals surface area (Å²) >= 11 is 0. The molecule has 0 aromatic heterocycles. The molecule has 0 saturated heterocycles. The van der Waals surface area contributed by atoms with E-state index in [2.05, 4.69) is 0 Å². The van der Waals surface area contributed by atoms with E-state index < -0.39 is 18.2 Å². The molecule has 9 nitrogen and oxygen atoms in total. The third-order valence-electron chi connectivity index (χ3n) is 12.3. The molecule has 0 radical (unpaired) electrons. The minimum absolute atomic E-state index is 0.247. The van der Waals surface area contributed by atoms with Crippen LogP contribution < -0.4 is 33.2 Å². The van der Waals surface area contributed by atoms with Gasteiger partial charge in [0.2, 0.25) is 0 Å². The van der Waals surface area contributed by atoms with Crippen molar-refractivity contribution in [3.8, 4) is 40.2 Å². The molecule has 1 aliphatic heterocycles. The highest BCUT2D eigenvalue weighted by Gasteiger charge is 2.38. The van der Waals surface area contributed by atoms with Gasteiger partial charge in [0.1, 0.15) is 63.0 Å². The Balaban J connectivity index is 1.00. The number of hydrogen-bond donors (Lipinski definition) is 0. The third-order valence-corrected chi connectivity index (χ3v) is 12.3. The number of fused-ring (bicyclic) bond motifs is 1. The van der Waals surface area contributed by atoms with Crippen molar-refractivity contribution in [2.75, 3.05) is 0 Å². The summed E-state index contributed by atoms with van der Waals surface area (Å²) in [6.07, 6.45) is -1.42. The molecule has 9 aromatic rings. The van der Waals surface area contributed by atoms with E-state index in [0.717, 1.165) is 38.9 Å².